The van der Waals surface area contributed by atoms with Crippen LogP contribution in [-0.2, 0) is 41.8 Å². The highest BCUT2D eigenvalue weighted by atomic mass is 31.2. The van der Waals surface area contributed by atoms with Crippen molar-refractivity contribution in [2.75, 3.05) is 26.4 Å². The number of carbonyl (C=O) groups excluding carboxylic acids is 2. The summed E-state index contributed by atoms with van der Waals surface area (Å²) in [5.74, 6) is -0.301. The molecule has 0 fully saturated rings. The third kappa shape index (κ3) is 46.4. The maximum absolute atomic E-state index is 12.7. The number of hydrogen-bond donors (Lipinski definition) is 5. The zero-order chi connectivity index (χ0) is 46.9. The third-order valence-corrected chi connectivity index (χ3v) is 11.5. The van der Waals surface area contributed by atoms with Gasteiger partial charge < -0.3 is 34.4 Å². The van der Waals surface area contributed by atoms with Crippen molar-refractivity contribution in [3.05, 3.63) is 48.6 Å². The van der Waals surface area contributed by atoms with Crippen LogP contribution in [0.2, 0.25) is 0 Å². The molecule has 5 N–H and O–H groups in total. The van der Waals surface area contributed by atoms with E-state index in [1.807, 2.05) is 19.1 Å². The Labute approximate surface area is 380 Å². The number of phosphoric acid groups is 2. The SMILES string of the molecule is CC[C@H](O)CC/C=C\C/C=C\C/C=C\C/C=C\CCCC(=O)OC[C@H](COP(=O)(O)OC[C@@H](O)COP(=O)(O)O)OC(=O)CCCCCCCCCCCCCCCCCC(C)C. The van der Waals surface area contributed by atoms with E-state index in [1.54, 1.807) is 0 Å². The van der Waals surface area contributed by atoms with Crippen molar-refractivity contribution in [1.29, 1.82) is 0 Å². The van der Waals surface area contributed by atoms with Crippen LogP contribution in [0.5, 0.6) is 0 Å². The zero-order valence-electron chi connectivity index (χ0n) is 38.9. The summed E-state index contributed by atoms with van der Waals surface area (Å²) in [6.45, 7) is 3.76. The van der Waals surface area contributed by atoms with Crippen molar-refractivity contribution in [3.8, 4) is 0 Å². The lowest BCUT2D eigenvalue weighted by molar-refractivity contribution is -0.161. The summed E-state index contributed by atoms with van der Waals surface area (Å²) in [5, 5.41) is 19.3. The summed E-state index contributed by atoms with van der Waals surface area (Å²) in [5.41, 5.74) is 0. The second kappa shape index (κ2) is 41.5. The first-order valence-electron chi connectivity index (χ1n) is 23.8. The first-order chi connectivity index (χ1) is 30.1. The van der Waals surface area contributed by atoms with E-state index in [1.165, 1.54) is 77.0 Å². The van der Waals surface area contributed by atoms with Gasteiger partial charge in [0.1, 0.15) is 12.7 Å². The van der Waals surface area contributed by atoms with Crippen LogP contribution in [0.25, 0.3) is 0 Å². The fourth-order valence-electron chi connectivity index (χ4n) is 6.27. The average Bonchev–Trinajstić information content (AvgIpc) is 3.23. The summed E-state index contributed by atoms with van der Waals surface area (Å²) in [6, 6.07) is 0. The lowest BCUT2D eigenvalue weighted by Gasteiger charge is -2.20. The van der Waals surface area contributed by atoms with E-state index in [0.717, 1.165) is 63.7 Å². The fraction of sp³-hybridized carbons (Fsp3) is 0.787. The van der Waals surface area contributed by atoms with Crippen LogP contribution in [-0.4, -0.2) is 81.6 Å². The quantitative estimate of drug-likeness (QED) is 0.0166. The number of unbranched alkanes of at least 4 members (excludes halogenated alkanes) is 15. The molecule has 0 saturated heterocycles. The highest BCUT2D eigenvalue weighted by Gasteiger charge is 2.28. The highest BCUT2D eigenvalue weighted by Crippen LogP contribution is 2.43. The zero-order valence-corrected chi connectivity index (χ0v) is 40.7. The Morgan fingerprint density at radius 1 is 0.508 bits per heavy atom. The lowest BCUT2D eigenvalue weighted by Crippen LogP contribution is -2.30. The van der Waals surface area contributed by atoms with Gasteiger partial charge in [0.15, 0.2) is 6.10 Å². The highest BCUT2D eigenvalue weighted by molar-refractivity contribution is 7.47. The monoisotopic (exact) mass is 937 g/mol. The number of aliphatic hydroxyl groups is 2. The molecule has 0 radical (unpaired) electrons. The predicted molar refractivity (Wildman–Crippen MR) is 250 cm³/mol. The summed E-state index contributed by atoms with van der Waals surface area (Å²) >= 11 is 0. The van der Waals surface area contributed by atoms with Crippen molar-refractivity contribution in [2.24, 2.45) is 5.92 Å². The Balaban J connectivity index is 4.54. The summed E-state index contributed by atoms with van der Waals surface area (Å²) in [7, 11) is -9.70. The third-order valence-electron chi connectivity index (χ3n) is 10.1. The van der Waals surface area contributed by atoms with Gasteiger partial charge in [-0.2, -0.15) is 0 Å². The molecule has 0 aliphatic carbocycles. The molecule has 0 spiro atoms. The van der Waals surface area contributed by atoms with Crippen molar-refractivity contribution in [3.63, 3.8) is 0 Å². The van der Waals surface area contributed by atoms with E-state index >= 15 is 0 Å². The molecular formula is C47H86O14P2. The van der Waals surface area contributed by atoms with Crippen molar-refractivity contribution < 1.29 is 66.7 Å². The number of esters is 2. The van der Waals surface area contributed by atoms with Gasteiger partial charge in [0.25, 0.3) is 0 Å². The number of ether oxygens (including phenoxy) is 2. The van der Waals surface area contributed by atoms with Crippen LogP contribution in [0, 0.1) is 5.92 Å². The molecule has 0 saturated carbocycles. The van der Waals surface area contributed by atoms with Crippen molar-refractivity contribution in [1.82, 2.24) is 0 Å². The normalized spacial score (nSPS) is 14.9. The molecule has 1 unspecified atom stereocenters. The van der Waals surface area contributed by atoms with Gasteiger partial charge >= 0.3 is 27.6 Å². The first kappa shape index (κ1) is 61.0. The van der Waals surface area contributed by atoms with Gasteiger partial charge in [-0.25, -0.2) is 9.13 Å². The van der Waals surface area contributed by atoms with Crippen LogP contribution in [0.1, 0.15) is 188 Å². The molecule has 0 heterocycles. The molecule has 0 rings (SSSR count). The molecule has 0 aliphatic heterocycles. The molecule has 0 bridgehead atoms. The minimum atomic E-state index is -4.87. The van der Waals surface area contributed by atoms with Crippen LogP contribution >= 0.6 is 15.6 Å². The molecule has 14 nitrogen and oxygen atoms in total. The molecule has 0 aromatic rings. The van der Waals surface area contributed by atoms with E-state index < -0.39 is 66.2 Å². The topological polar surface area (TPSA) is 216 Å². The molecule has 368 valence electrons. The Hall–Kier alpha value is -1.96. The minimum Gasteiger partial charge on any atom is -0.462 e. The number of carbonyl (C=O) groups is 2. The Kier molecular flexibility index (Phi) is 40.2. The predicted octanol–water partition coefficient (Wildman–Crippen LogP) is 11.4. The van der Waals surface area contributed by atoms with Crippen molar-refractivity contribution >= 4 is 27.6 Å². The van der Waals surface area contributed by atoms with E-state index in [9.17, 15) is 33.8 Å². The Morgan fingerprint density at radius 3 is 1.46 bits per heavy atom. The molecule has 0 amide bonds. The summed E-state index contributed by atoms with van der Waals surface area (Å²) in [6.07, 6.45) is 39.1. The van der Waals surface area contributed by atoms with Crippen LogP contribution < -0.4 is 0 Å². The molecule has 0 aliphatic rings. The van der Waals surface area contributed by atoms with Gasteiger partial charge in [-0.1, -0.05) is 166 Å². The maximum Gasteiger partial charge on any atom is 0.472 e. The van der Waals surface area contributed by atoms with Gasteiger partial charge in [0, 0.05) is 12.8 Å². The molecule has 0 aromatic carbocycles. The minimum absolute atomic E-state index is 0.106. The molecule has 4 atom stereocenters. The standard InChI is InChI=1S/C47H86O14P2/c1-4-43(48)35-31-27-23-19-15-11-8-9-12-16-20-24-28-32-36-46(50)57-40-45(41-60-63(55,56)59-39-44(49)38-58-62(52,53)54)61-47(51)37-33-29-25-21-17-13-7-5-6-10-14-18-22-26-30-34-42(2)3/h9,11-12,15,20,23-24,27,42-45,48-49H,4-8,10,13-14,16-19,21-22,25-26,28-41H2,1-3H3,(H,55,56)(H2,52,53,54)/b12-9-,15-11-,24-20-,27-23-/t43-,44-,45+/m0/s1. The van der Waals surface area contributed by atoms with Gasteiger partial charge in [-0.3, -0.25) is 23.2 Å². The molecule has 0 aromatic heterocycles. The Bertz CT molecular complexity index is 1330. The van der Waals surface area contributed by atoms with Gasteiger partial charge in [0.05, 0.1) is 25.9 Å². The van der Waals surface area contributed by atoms with Gasteiger partial charge in [0.2, 0.25) is 0 Å². The van der Waals surface area contributed by atoms with Crippen LogP contribution in [0.3, 0.4) is 0 Å². The fourth-order valence-corrected chi connectivity index (χ4v) is 7.43. The second-order valence-electron chi connectivity index (χ2n) is 16.7. The van der Waals surface area contributed by atoms with Gasteiger partial charge in [-0.05, 0) is 63.7 Å². The van der Waals surface area contributed by atoms with Crippen LogP contribution in [0.15, 0.2) is 48.6 Å². The molecular weight excluding hydrogens is 850 g/mol. The number of rotatable bonds is 44. The average molecular weight is 937 g/mol. The number of allylic oxidation sites excluding steroid dienone is 8. The van der Waals surface area contributed by atoms with Gasteiger partial charge in [-0.15, -0.1) is 0 Å². The summed E-state index contributed by atoms with van der Waals surface area (Å²) in [4.78, 5) is 52.8. The summed E-state index contributed by atoms with van der Waals surface area (Å²) < 4.78 is 47.8. The molecule has 16 heteroatoms. The smallest absolute Gasteiger partial charge is 0.462 e. The largest absolute Gasteiger partial charge is 0.472 e. The number of phosphoric ester groups is 2. The maximum atomic E-state index is 12.7. The van der Waals surface area contributed by atoms with Crippen molar-refractivity contribution in [2.45, 2.75) is 206 Å². The van der Waals surface area contributed by atoms with E-state index in [0.29, 0.717) is 19.3 Å². The molecule has 63 heavy (non-hydrogen) atoms. The van der Waals surface area contributed by atoms with E-state index in [4.69, 9.17) is 23.8 Å². The van der Waals surface area contributed by atoms with E-state index in [2.05, 4.69) is 59.4 Å². The number of aliphatic hydroxyl groups excluding tert-OH is 2. The van der Waals surface area contributed by atoms with Crippen LogP contribution in [0.4, 0.5) is 0 Å². The number of hydrogen-bond acceptors (Lipinski definition) is 11. The van der Waals surface area contributed by atoms with E-state index in [-0.39, 0.29) is 18.9 Å². The lowest BCUT2D eigenvalue weighted by atomic mass is 10.0. The first-order valence-corrected chi connectivity index (χ1v) is 26.8. The second-order valence-corrected chi connectivity index (χ2v) is 19.3. The Morgan fingerprint density at radius 2 is 0.952 bits per heavy atom.